The first-order valence-corrected chi connectivity index (χ1v) is 6.51. The van der Waals surface area contributed by atoms with Crippen LogP contribution in [0.1, 0.15) is 38.8 Å². The molecule has 0 atom stereocenters. The van der Waals surface area contributed by atoms with Crippen LogP contribution in [-0.2, 0) is 4.74 Å². The van der Waals surface area contributed by atoms with Gasteiger partial charge in [0.25, 0.3) is 0 Å². The van der Waals surface area contributed by atoms with Gasteiger partial charge in [0.1, 0.15) is 0 Å². The lowest BCUT2D eigenvalue weighted by molar-refractivity contribution is 0.0523. The smallest absolute Gasteiger partial charge is 0.338 e. The molecule has 0 aromatic heterocycles. The van der Waals surface area contributed by atoms with Gasteiger partial charge in [0, 0.05) is 11.1 Å². The van der Waals surface area contributed by atoms with Gasteiger partial charge < -0.3 is 4.74 Å². The fraction of sp³-hybridized carbons (Fsp3) is 0.176. The molecule has 3 heteroatoms. The number of carbonyl (C=O) groups is 2. The third-order valence-corrected chi connectivity index (χ3v) is 2.98. The van der Waals surface area contributed by atoms with E-state index in [0.717, 1.165) is 5.56 Å². The van der Waals surface area contributed by atoms with Crippen LogP contribution in [0.2, 0.25) is 0 Å². The van der Waals surface area contributed by atoms with Crippen LogP contribution < -0.4 is 0 Å². The van der Waals surface area contributed by atoms with Crippen molar-refractivity contribution in [3.05, 3.63) is 70.8 Å². The zero-order chi connectivity index (χ0) is 14.5. The summed E-state index contributed by atoms with van der Waals surface area (Å²) in [4.78, 5) is 24.4. The molecular weight excluding hydrogens is 252 g/mol. The minimum atomic E-state index is -0.469. The Balaban J connectivity index is 2.39. The predicted molar refractivity (Wildman–Crippen MR) is 77.0 cm³/mol. The molecular formula is C17H16O3. The minimum absolute atomic E-state index is 0.173. The van der Waals surface area contributed by atoms with Crippen molar-refractivity contribution < 1.29 is 14.3 Å². The van der Waals surface area contributed by atoms with Crippen LogP contribution in [0.5, 0.6) is 0 Å². The number of aryl methyl sites for hydroxylation is 1. The van der Waals surface area contributed by atoms with E-state index >= 15 is 0 Å². The van der Waals surface area contributed by atoms with E-state index < -0.39 is 5.97 Å². The van der Waals surface area contributed by atoms with Gasteiger partial charge in [-0.1, -0.05) is 48.0 Å². The number of carbonyl (C=O) groups excluding carboxylic acids is 2. The first-order chi connectivity index (χ1) is 9.63. The van der Waals surface area contributed by atoms with Gasteiger partial charge in [-0.25, -0.2) is 4.79 Å². The Morgan fingerprint density at radius 3 is 2.15 bits per heavy atom. The molecule has 2 rings (SSSR count). The lowest BCUT2D eigenvalue weighted by atomic mass is 9.98. The quantitative estimate of drug-likeness (QED) is 0.630. The second kappa shape index (κ2) is 6.15. The standard InChI is InChI=1S/C17H16O3/c1-3-20-17(19)15-7-5-4-6-14(15)16(18)13-10-8-12(2)9-11-13/h4-11H,3H2,1-2H3. The lowest BCUT2D eigenvalue weighted by Crippen LogP contribution is -2.12. The number of ether oxygens (including phenoxy) is 1. The highest BCUT2D eigenvalue weighted by Crippen LogP contribution is 2.16. The van der Waals surface area contributed by atoms with Crippen molar-refractivity contribution in [1.29, 1.82) is 0 Å². The van der Waals surface area contributed by atoms with E-state index in [9.17, 15) is 9.59 Å². The van der Waals surface area contributed by atoms with Gasteiger partial charge in [0.2, 0.25) is 0 Å². The second-order valence-corrected chi connectivity index (χ2v) is 4.46. The Bertz CT molecular complexity index is 627. The third-order valence-electron chi connectivity index (χ3n) is 2.98. The van der Waals surface area contributed by atoms with Crippen LogP contribution in [0.3, 0.4) is 0 Å². The molecule has 0 saturated heterocycles. The van der Waals surface area contributed by atoms with Gasteiger partial charge >= 0.3 is 5.97 Å². The highest BCUT2D eigenvalue weighted by Gasteiger charge is 2.18. The maximum Gasteiger partial charge on any atom is 0.338 e. The van der Waals surface area contributed by atoms with E-state index in [1.165, 1.54) is 0 Å². The molecule has 0 spiro atoms. The maximum atomic E-state index is 12.5. The summed E-state index contributed by atoms with van der Waals surface area (Å²) in [5, 5.41) is 0. The normalized spacial score (nSPS) is 10.1. The summed E-state index contributed by atoms with van der Waals surface area (Å²) in [6, 6.07) is 14.0. The van der Waals surface area contributed by atoms with Gasteiger partial charge in [0.15, 0.2) is 5.78 Å². The van der Waals surface area contributed by atoms with Crippen molar-refractivity contribution in [3.63, 3.8) is 0 Å². The van der Waals surface area contributed by atoms with Gasteiger partial charge in [-0.3, -0.25) is 4.79 Å². The van der Waals surface area contributed by atoms with Gasteiger partial charge in [0.05, 0.1) is 12.2 Å². The van der Waals surface area contributed by atoms with E-state index in [1.54, 1.807) is 43.3 Å². The van der Waals surface area contributed by atoms with Crippen molar-refractivity contribution in [2.75, 3.05) is 6.61 Å². The summed E-state index contributed by atoms with van der Waals surface area (Å²) < 4.78 is 4.98. The number of hydrogen-bond acceptors (Lipinski definition) is 3. The highest BCUT2D eigenvalue weighted by atomic mass is 16.5. The molecule has 0 saturated carbocycles. The molecule has 0 radical (unpaired) electrons. The summed E-state index contributed by atoms with van der Waals surface area (Å²) in [6.45, 7) is 3.98. The van der Waals surface area contributed by atoms with Crippen molar-refractivity contribution in [2.24, 2.45) is 0 Å². The lowest BCUT2D eigenvalue weighted by Gasteiger charge is -2.08. The Morgan fingerprint density at radius 2 is 1.55 bits per heavy atom. The fourth-order valence-electron chi connectivity index (χ4n) is 1.93. The van der Waals surface area contributed by atoms with Gasteiger partial charge in [-0.05, 0) is 19.9 Å². The van der Waals surface area contributed by atoms with Crippen molar-refractivity contribution in [1.82, 2.24) is 0 Å². The summed E-state index contributed by atoms with van der Waals surface area (Å²) in [5.74, 6) is -0.641. The molecule has 2 aromatic carbocycles. The monoisotopic (exact) mass is 268 g/mol. The maximum absolute atomic E-state index is 12.5. The molecule has 0 N–H and O–H groups in total. The molecule has 0 aliphatic rings. The largest absolute Gasteiger partial charge is 0.462 e. The summed E-state index contributed by atoms with van der Waals surface area (Å²) in [6.07, 6.45) is 0. The van der Waals surface area contributed by atoms with E-state index in [4.69, 9.17) is 4.74 Å². The van der Waals surface area contributed by atoms with Crippen molar-refractivity contribution in [2.45, 2.75) is 13.8 Å². The van der Waals surface area contributed by atoms with E-state index in [0.29, 0.717) is 16.7 Å². The van der Waals surface area contributed by atoms with Crippen LogP contribution in [0, 0.1) is 6.92 Å². The zero-order valence-corrected chi connectivity index (χ0v) is 11.6. The summed E-state index contributed by atoms with van der Waals surface area (Å²) in [7, 11) is 0. The van der Waals surface area contributed by atoms with E-state index in [2.05, 4.69) is 0 Å². The van der Waals surface area contributed by atoms with Gasteiger partial charge in [-0.2, -0.15) is 0 Å². The number of rotatable bonds is 4. The molecule has 20 heavy (non-hydrogen) atoms. The molecule has 0 aliphatic carbocycles. The number of hydrogen-bond donors (Lipinski definition) is 0. The Morgan fingerprint density at radius 1 is 0.950 bits per heavy atom. The molecule has 0 fully saturated rings. The topological polar surface area (TPSA) is 43.4 Å². The summed E-state index contributed by atoms with van der Waals surface area (Å²) >= 11 is 0. The minimum Gasteiger partial charge on any atom is -0.462 e. The number of ketones is 1. The number of esters is 1. The summed E-state index contributed by atoms with van der Waals surface area (Å²) in [5.41, 5.74) is 2.32. The van der Waals surface area contributed by atoms with Crippen LogP contribution in [-0.4, -0.2) is 18.4 Å². The molecule has 0 unspecified atom stereocenters. The third kappa shape index (κ3) is 2.94. The molecule has 0 aliphatic heterocycles. The average Bonchev–Trinajstić information content (AvgIpc) is 2.47. The Kier molecular flexibility index (Phi) is 4.31. The predicted octanol–water partition coefficient (Wildman–Crippen LogP) is 3.40. The second-order valence-electron chi connectivity index (χ2n) is 4.46. The van der Waals surface area contributed by atoms with E-state index in [-0.39, 0.29) is 12.4 Å². The first kappa shape index (κ1) is 14.0. The van der Waals surface area contributed by atoms with Crippen LogP contribution in [0.4, 0.5) is 0 Å². The van der Waals surface area contributed by atoms with Crippen molar-refractivity contribution >= 4 is 11.8 Å². The zero-order valence-electron chi connectivity index (χ0n) is 11.6. The average molecular weight is 268 g/mol. The van der Waals surface area contributed by atoms with Gasteiger partial charge in [-0.15, -0.1) is 0 Å². The Labute approximate surface area is 118 Å². The molecule has 0 amide bonds. The molecule has 102 valence electrons. The first-order valence-electron chi connectivity index (χ1n) is 6.51. The molecule has 0 heterocycles. The molecule has 0 bridgehead atoms. The Hall–Kier alpha value is -2.42. The highest BCUT2D eigenvalue weighted by molar-refractivity contribution is 6.14. The fourth-order valence-corrected chi connectivity index (χ4v) is 1.93. The molecule has 2 aromatic rings. The number of benzene rings is 2. The van der Waals surface area contributed by atoms with Crippen LogP contribution in [0.25, 0.3) is 0 Å². The van der Waals surface area contributed by atoms with Crippen molar-refractivity contribution in [3.8, 4) is 0 Å². The van der Waals surface area contributed by atoms with Crippen LogP contribution >= 0.6 is 0 Å². The SMILES string of the molecule is CCOC(=O)c1ccccc1C(=O)c1ccc(C)cc1. The van der Waals surface area contributed by atoms with Crippen LogP contribution in [0.15, 0.2) is 48.5 Å². The van der Waals surface area contributed by atoms with E-state index in [1.807, 2.05) is 19.1 Å². The molecule has 3 nitrogen and oxygen atoms in total.